The Labute approximate surface area is 78.7 Å². The zero-order valence-electron chi connectivity index (χ0n) is 8.45. The Kier molecular flexibility index (Phi) is 3.31. The Morgan fingerprint density at radius 3 is 2.77 bits per heavy atom. The lowest BCUT2D eigenvalue weighted by atomic mass is 10.2. The molecule has 0 unspecified atom stereocenters. The smallest absolute Gasteiger partial charge is 0.222 e. The summed E-state index contributed by atoms with van der Waals surface area (Å²) >= 11 is 0. The Morgan fingerprint density at radius 2 is 2.31 bits per heavy atom. The van der Waals surface area contributed by atoms with E-state index in [4.69, 9.17) is 10.3 Å². The normalized spacial score (nSPS) is 11.5. The molecule has 13 heavy (non-hydrogen) atoms. The van der Waals surface area contributed by atoms with Gasteiger partial charge in [-0.25, -0.2) is 0 Å². The van der Waals surface area contributed by atoms with Gasteiger partial charge in [0.1, 0.15) is 0 Å². The maximum atomic E-state index is 5.40. The zero-order chi connectivity index (χ0) is 9.84. The number of likely N-dealkylation sites (N-methyl/N-ethyl adjacent to an activating group) is 1. The summed E-state index contributed by atoms with van der Waals surface area (Å²) in [5, 5.41) is 3.82. The maximum Gasteiger partial charge on any atom is 0.222 e. The molecule has 0 radical (unpaired) electrons. The monoisotopic (exact) mass is 183 g/mol. The molecule has 0 aliphatic rings. The van der Waals surface area contributed by atoms with Crippen molar-refractivity contribution < 1.29 is 4.52 Å². The Bertz CT molecular complexity index is 257. The van der Waals surface area contributed by atoms with E-state index in [1.54, 1.807) is 6.07 Å². The van der Waals surface area contributed by atoms with E-state index in [1.165, 1.54) is 0 Å². The van der Waals surface area contributed by atoms with Crippen LogP contribution >= 0.6 is 0 Å². The highest BCUT2D eigenvalue weighted by Crippen LogP contribution is 2.06. The Balaban J connectivity index is 2.35. The number of hydrogen-bond donors (Lipinski definition) is 1. The number of rotatable bonds is 4. The molecule has 1 aromatic rings. The van der Waals surface area contributed by atoms with Crippen LogP contribution in [0.1, 0.15) is 19.5 Å². The minimum atomic E-state index is 0.391. The van der Waals surface area contributed by atoms with Gasteiger partial charge in [-0.2, -0.15) is 0 Å². The highest BCUT2D eigenvalue weighted by atomic mass is 16.5. The molecule has 0 aliphatic heterocycles. The molecule has 0 saturated carbocycles. The summed E-state index contributed by atoms with van der Waals surface area (Å²) < 4.78 is 4.77. The predicted molar refractivity (Wildman–Crippen MR) is 52.4 cm³/mol. The minimum absolute atomic E-state index is 0.391. The van der Waals surface area contributed by atoms with Gasteiger partial charge < -0.3 is 15.2 Å². The first kappa shape index (κ1) is 10.1. The number of anilines is 1. The summed E-state index contributed by atoms with van der Waals surface area (Å²) in [4.78, 5) is 2.25. The molecule has 4 heteroatoms. The van der Waals surface area contributed by atoms with Gasteiger partial charge in [0.25, 0.3) is 0 Å². The average molecular weight is 183 g/mol. The molecule has 0 atom stereocenters. The van der Waals surface area contributed by atoms with Crippen molar-refractivity contribution in [2.75, 3.05) is 19.3 Å². The molecule has 1 heterocycles. The van der Waals surface area contributed by atoms with E-state index in [9.17, 15) is 0 Å². The number of aromatic nitrogens is 1. The maximum absolute atomic E-state index is 5.40. The fraction of sp³-hybridized carbons (Fsp3) is 0.667. The van der Waals surface area contributed by atoms with Gasteiger partial charge in [-0.1, -0.05) is 5.16 Å². The molecule has 74 valence electrons. The third kappa shape index (κ3) is 3.06. The van der Waals surface area contributed by atoms with Crippen LogP contribution in [0.3, 0.4) is 0 Å². The number of nitrogens with two attached hydrogens (primary N) is 1. The van der Waals surface area contributed by atoms with Crippen molar-refractivity contribution in [2.24, 2.45) is 0 Å². The van der Waals surface area contributed by atoms with E-state index in [0.29, 0.717) is 11.9 Å². The van der Waals surface area contributed by atoms with Gasteiger partial charge in [-0.05, 0) is 20.9 Å². The second-order valence-corrected chi connectivity index (χ2v) is 3.54. The standard InChI is InChI=1S/C9H17N3O/c1-7(2)12(3)5-4-8-6-9(10)13-11-8/h6-7H,4-5,10H2,1-3H3. The van der Waals surface area contributed by atoms with Crippen molar-refractivity contribution in [1.29, 1.82) is 0 Å². The predicted octanol–water partition coefficient (Wildman–Crippen LogP) is 1.14. The summed E-state index contributed by atoms with van der Waals surface area (Å²) in [5.74, 6) is 0.391. The van der Waals surface area contributed by atoms with Crippen molar-refractivity contribution in [2.45, 2.75) is 26.3 Å². The van der Waals surface area contributed by atoms with E-state index < -0.39 is 0 Å². The Hall–Kier alpha value is -1.03. The fourth-order valence-corrected chi connectivity index (χ4v) is 0.995. The van der Waals surface area contributed by atoms with E-state index in [2.05, 4.69) is 31.0 Å². The zero-order valence-corrected chi connectivity index (χ0v) is 8.45. The lowest BCUT2D eigenvalue weighted by molar-refractivity contribution is 0.275. The van der Waals surface area contributed by atoms with Crippen LogP contribution in [0.2, 0.25) is 0 Å². The van der Waals surface area contributed by atoms with Gasteiger partial charge in [0.05, 0.1) is 5.69 Å². The van der Waals surface area contributed by atoms with Crippen molar-refractivity contribution in [3.8, 4) is 0 Å². The van der Waals surface area contributed by atoms with Gasteiger partial charge >= 0.3 is 0 Å². The summed E-state index contributed by atoms with van der Waals surface area (Å²) in [6.45, 7) is 5.30. The van der Waals surface area contributed by atoms with Gasteiger partial charge in [-0.3, -0.25) is 0 Å². The molecular weight excluding hydrogens is 166 g/mol. The van der Waals surface area contributed by atoms with Gasteiger partial charge in [0, 0.05) is 25.1 Å². The molecule has 0 aromatic carbocycles. The number of nitrogen functional groups attached to an aromatic ring is 1. The van der Waals surface area contributed by atoms with Crippen molar-refractivity contribution in [3.63, 3.8) is 0 Å². The molecule has 1 aromatic heterocycles. The highest BCUT2D eigenvalue weighted by molar-refractivity contribution is 5.24. The molecule has 0 bridgehead atoms. The fourth-order valence-electron chi connectivity index (χ4n) is 0.995. The first-order valence-electron chi connectivity index (χ1n) is 4.51. The van der Waals surface area contributed by atoms with E-state index >= 15 is 0 Å². The van der Waals surface area contributed by atoms with Crippen LogP contribution in [0, 0.1) is 0 Å². The summed E-state index contributed by atoms with van der Waals surface area (Å²) in [7, 11) is 2.09. The summed E-state index contributed by atoms with van der Waals surface area (Å²) in [6, 6.07) is 2.33. The van der Waals surface area contributed by atoms with Crippen LogP contribution in [0.4, 0.5) is 5.88 Å². The molecule has 4 nitrogen and oxygen atoms in total. The third-order valence-electron chi connectivity index (χ3n) is 2.18. The molecule has 0 spiro atoms. The molecule has 0 saturated heterocycles. The van der Waals surface area contributed by atoms with Gasteiger partial charge in [-0.15, -0.1) is 0 Å². The SMILES string of the molecule is CC(C)N(C)CCc1cc(N)on1. The lowest BCUT2D eigenvalue weighted by Crippen LogP contribution is -2.28. The van der Waals surface area contributed by atoms with Crippen LogP contribution in [0.25, 0.3) is 0 Å². The van der Waals surface area contributed by atoms with Crippen LogP contribution in [0.15, 0.2) is 10.6 Å². The quantitative estimate of drug-likeness (QED) is 0.760. The summed E-state index contributed by atoms with van der Waals surface area (Å²) in [5.41, 5.74) is 6.32. The van der Waals surface area contributed by atoms with Crippen LogP contribution in [0.5, 0.6) is 0 Å². The second kappa shape index (κ2) is 4.28. The molecule has 0 fully saturated rings. The Morgan fingerprint density at radius 1 is 1.62 bits per heavy atom. The highest BCUT2D eigenvalue weighted by Gasteiger charge is 2.05. The van der Waals surface area contributed by atoms with Crippen LogP contribution < -0.4 is 5.73 Å². The molecule has 0 aliphatic carbocycles. The second-order valence-electron chi connectivity index (χ2n) is 3.54. The molecule has 0 amide bonds. The van der Waals surface area contributed by atoms with Gasteiger partial charge in [0.15, 0.2) is 0 Å². The third-order valence-corrected chi connectivity index (χ3v) is 2.18. The first-order valence-corrected chi connectivity index (χ1v) is 4.51. The average Bonchev–Trinajstić information content (AvgIpc) is 2.47. The molecule has 2 N–H and O–H groups in total. The van der Waals surface area contributed by atoms with E-state index in [0.717, 1.165) is 18.7 Å². The molecular formula is C9H17N3O. The topological polar surface area (TPSA) is 55.3 Å². The van der Waals surface area contributed by atoms with E-state index in [1.807, 2.05) is 0 Å². The lowest BCUT2D eigenvalue weighted by Gasteiger charge is -2.19. The van der Waals surface area contributed by atoms with E-state index in [-0.39, 0.29) is 0 Å². The largest absolute Gasteiger partial charge is 0.368 e. The molecule has 1 rings (SSSR count). The van der Waals surface area contributed by atoms with Crippen molar-refractivity contribution in [3.05, 3.63) is 11.8 Å². The number of nitrogens with zero attached hydrogens (tertiary/aromatic N) is 2. The first-order chi connectivity index (χ1) is 6.09. The van der Waals surface area contributed by atoms with Crippen LogP contribution in [-0.2, 0) is 6.42 Å². The van der Waals surface area contributed by atoms with Gasteiger partial charge in [0.2, 0.25) is 5.88 Å². The van der Waals surface area contributed by atoms with Crippen LogP contribution in [-0.4, -0.2) is 29.7 Å². The number of hydrogen-bond acceptors (Lipinski definition) is 4. The van der Waals surface area contributed by atoms with Crippen molar-refractivity contribution >= 4 is 5.88 Å². The van der Waals surface area contributed by atoms with Crippen molar-refractivity contribution in [1.82, 2.24) is 10.1 Å². The summed E-state index contributed by atoms with van der Waals surface area (Å²) in [6.07, 6.45) is 0.884. The minimum Gasteiger partial charge on any atom is -0.368 e.